The second kappa shape index (κ2) is 8.53. The Morgan fingerprint density at radius 3 is 2.75 bits per heavy atom. The number of esters is 1. The quantitative estimate of drug-likeness (QED) is 0.470. The van der Waals surface area contributed by atoms with Crippen molar-refractivity contribution in [2.24, 2.45) is 0 Å². The van der Waals surface area contributed by atoms with Crippen LogP contribution in [0.2, 0.25) is 0 Å². The van der Waals surface area contributed by atoms with Gasteiger partial charge in [0.2, 0.25) is 0 Å². The van der Waals surface area contributed by atoms with Gasteiger partial charge in [-0.3, -0.25) is 0 Å². The van der Waals surface area contributed by atoms with Crippen molar-refractivity contribution in [1.29, 1.82) is 0 Å². The van der Waals surface area contributed by atoms with Crippen LogP contribution in [0, 0.1) is 0 Å². The van der Waals surface area contributed by atoms with Gasteiger partial charge in [0.15, 0.2) is 0 Å². The standard InChI is InChI=1S/C15H17BrO4/c1-2-20-15(19)14-11(7-4-10-16)5-3-6-12(14)8-9-13(17)18/h3,5-6,8-9H,2,4,7,10H2,1H3,(H,17,18)/b9-8+. The fourth-order valence-electron chi connectivity index (χ4n) is 1.84. The largest absolute Gasteiger partial charge is 0.478 e. The molecule has 108 valence electrons. The molecular weight excluding hydrogens is 324 g/mol. The lowest BCUT2D eigenvalue weighted by molar-refractivity contribution is -0.131. The van der Waals surface area contributed by atoms with Gasteiger partial charge >= 0.3 is 11.9 Å². The first kappa shape index (κ1) is 16.4. The van der Waals surface area contributed by atoms with E-state index in [0.717, 1.165) is 29.8 Å². The van der Waals surface area contributed by atoms with Gasteiger partial charge in [-0.15, -0.1) is 0 Å². The maximum absolute atomic E-state index is 12.1. The van der Waals surface area contributed by atoms with Gasteiger partial charge in [0.25, 0.3) is 0 Å². The van der Waals surface area contributed by atoms with Crippen LogP contribution in [0.25, 0.3) is 6.08 Å². The second-order valence-corrected chi connectivity index (χ2v) is 4.86. The number of alkyl halides is 1. The molecule has 0 spiro atoms. The summed E-state index contributed by atoms with van der Waals surface area (Å²) < 4.78 is 5.06. The van der Waals surface area contributed by atoms with Gasteiger partial charge in [-0.25, -0.2) is 9.59 Å². The average molecular weight is 341 g/mol. The molecular formula is C15H17BrO4. The lowest BCUT2D eigenvalue weighted by Crippen LogP contribution is -2.10. The molecule has 1 rings (SSSR count). The van der Waals surface area contributed by atoms with E-state index in [-0.39, 0.29) is 6.61 Å². The van der Waals surface area contributed by atoms with Crippen molar-refractivity contribution in [3.8, 4) is 0 Å². The topological polar surface area (TPSA) is 63.6 Å². The highest BCUT2D eigenvalue weighted by molar-refractivity contribution is 9.09. The molecule has 0 aliphatic heterocycles. The van der Waals surface area contributed by atoms with Crippen LogP contribution >= 0.6 is 15.9 Å². The summed E-state index contributed by atoms with van der Waals surface area (Å²) in [6.07, 6.45) is 4.06. The molecule has 0 saturated heterocycles. The Morgan fingerprint density at radius 2 is 2.15 bits per heavy atom. The average Bonchev–Trinajstić information content (AvgIpc) is 2.42. The van der Waals surface area contributed by atoms with Gasteiger partial charge in [-0.05, 0) is 37.0 Å². The molecule has 5 heteroatoms. The number of carboxylic acid groups (broad SMARTS) is 1. The molecule has 0 fully saturated rings. The van der Waals surface area contributed by atoms with Gasteiger partial charge in [-0.1, -0.05) is 34.1 Å². The van der Waals surface area contributed by atoms with E-state index in [9.17, 15) is 9.59 Å². The number of carboxylic acids is 1. The first-order valence-electron chi connectivity index (χ1n) is 6.36. The zero-order chi connectivity index (χ0) is 15.0. The van der Waals surface area contributed by atoms with Gasteiger partial charge in [0.05, 0.1) is 12.2 Å². The highest BCUT2D eigenvalue weighted by atomic mass is 79.9. The SMILES string of the molecule is CCOC(=O)c1c(/C=C/C(=O)O)cccc1CCCBr. The smallest absolute Gasteiger partial charge is 0.339 e. The molecule has 4 nitrogen and oxygen atoms in total. The molecule has 0 aliphatic rings. The third-order valence-corrected chi connectivity index (χ3v) is 3.21. The first-order valence-corrected chi connectivity index (χ1v) is 7.48. The predicted molar refractivity (Wildman–Crippen MR) is 81.2 cm³/mol. The Kier molecular flexibility index (Phi) is 7.01. The molecule has 1 aromatic rings. The molecule has 0 atom stereocenters. The lowest BCUT2D eigenvalue weighted by Gasteiger charge is -2.11. The minimum atomic E-state index is -1.05. The maximum atomic E-state index is 12.1. The van der Waals surface area contributed by atoms with Gasteiger partial charge < -0.3 is 9.84 Å². The molecule has 0 heterocycles. The summed E-state index contributed by atoms with van der Waals surface area (Å²) >= 11 is 3.36. The van der Waals surface area contributed by atoms with Gasteiger partial charge in [-0.2, -0.15) is 0 Å². The molecule has 1 aromatic carbocycles. The zero-order valence-electron chi connectivity index (χ0n) is 11.3. The van der Waals surface area contributed by atoms with E-state index in [1.165, 1.54) is 6.08 Å². The van der Waals surface area contributed by atoms with Crippen LogP contribution in [0.4, 0.5) is 0 Å². The highest BCUT2D eigenvalue weighted by Gasteiger charge is 2.16. The monoisotopic (exact) mass is 340 g/mol. The zero-order valence-corrected chi connectivity index (χ0v) is 12.9. The summed E-state index contributed by atoms with van der Waals surface area (Å²) in [5, 5.41) is 9.55. The van der Waals surface area contributed by atoms with Gasteiger partial charge in [0, 0.05) is 11.4 Å². The molecule has 0 radical (unpaired) electrons. The van der Waals surface area contributed by atoms with Crippen LogP contribution in [0.1, 0.15) is 34.8 Å². The third-order valence-electron chi connectivity index (χ3n) is 2.65. The Balaban J connectivity index is 3.20. The summed E-state index contributed by atoms with van der Waals surface area (Å²) in [6, 6.07) is 5.39. The van der Waals surface area contributed by atoms with Crippen LogP contribution in [0.5, 0.6) is 0 Å². The van der Waals surface area contributed by atoms with E-state index in [1.54, 1.807) is 13.0 Å². The number of halogens is 1. The normalized spacial score (nSPS) is 10.7. The molecule has 0 aliphatic carbocycles. The molecule has 0 aromatic heterocycles. The molecule has 0 bridgehead atoms. The van der Waals surface area contributed by atoms with E-state index in [0.29, 0.717) is 11.1 Å². The van der Waals surface area contributed by atoms with Crippen LogP contribution in [0.15, 0.2) is 24.3 Å². The summed E-state index contributed by atoms with van der Waals surface area (Å²) in [7, 11) is 0. The Morgan fingerprint density at radius 1 is 1.40 bits per heavy atom. The van der Waals surface area contributed by atoms with Crippen molar-refractivity contribution in [2.75, 3.05) is 11.9 Å². The first-order chi connectivity index (χ1) is 9.60. The number of hydrogen-bond acceptors (Lipinski definition) is 3. The van der Waals surface area contributed by atoms with Crippen LogP contribution in [-0.4, -0.2) is 29.0 Å². The van der Waals surface area contributed by atoms with Crippen molar-refractivity contribution < 1.29 is 19.4 Å². The van der Waals surface area contributed by atoms with E-state index < -0.39 is 11.9 Å². The van der Waals surface area contributed by atoms with Crippen LogP contribution in [0.3, 0.4) is 0 Å². The highest BCUT2D eigenvalue weighted by Crippen LogP contribution is 2.20. The fraction of sp³-hybridized carbons (Fsp3) is 0.333. The summed E-state index contributed by atoms with van der Waals surface area (Å²) in [6.45, 7) is 2.03. The van der Waals surface area contributed by atoms with E-state index >= 15 is 0 Å². The Bertz CT molecular complexity index is 509. The summed E-state index contributed by atoms with van der Waals surface area (Å²) in [5.41, 5.74) is 1.89. The van der Waals surface area contributed by atoms with Gasteiger partial charge in [0.1, 0.15) is 0 Å². The lowest BCUT2D eigenvalue weighted by atomic mass is 9.97. The number of hydrogen-bond donors (Lipinski definition) is 1. The van der Waals surface area contributed by atoms with E-state index in [1.807, 2.05) is 12.1 Å². The van der Waals surface area contributed by atoms with Crippen LogP contribution < -0.4 is 0 Å². The summed E-state index contributed by atoms with van der Waals surface area (Å²) in [4.78, 5) is 22.7. The number of carbonyl (C=O) groups excluding carboxylic acids is 1. The van der Waals surface area contributed by atoms with E-state index in [2.05, 4.69) is 15.9 Å². The molecule has 0 unspecified atom stereocenters. The van der Waals surface area contributed by atoms with Crippen molar-refractivity contribution in [3.05, 3.63) is 41.0 Å². The number of carbonyl (C=O) groups is 2. The fourth-order valence-corrected chi connectivity index (χ4v) is 2.12. The summed E-state index contributed by atoms with van der Waals surface area (Å²) in [5.74, 6) is -1.46. The van der Waals surface area contributed by atoms with E-state index in [4.69, 9.17) is 9.84 Å². The van der Waals surface area contributed by atoms with Crippen molar-refractivity contribution in [2.45, 2.75) is 19.8 Å². The maximum Gasteiger partial charge on any atom is 0.339 e. The third kappa shape index (κ3) is 4.81. The number of rotatable bonds is 7. The molecule has 20 heavy (non-hydrogen) atoms. The second-order valence-electron chi connectivity index (χ2n) is 4.07. The van der Waals surface area contributed by atoms with Crippen molar-refractivity contribution in [1.82, 2.24) is 0 Å². The van der Waals surface area contributed by atoms with Crippen molar-refractivity contribution >= 4 is 33.9 Å². The minimum Gasteiger partial charge on any atom is -0.478 e. The predicted octanol–water partition coefficient (Wildman–Crippen LogP) is 3.29. The Labute approximate surface area is 126 Å². The van der Waals surface area contributed by atoms with Crippen molar-refractivity contribution in [3.63, 3.8) is 0 Å². The minimum absolute atomic E-state index is 0.285. The molecule has 0 saturated carbocycles. The molecule has 0 amide bonds. The number of aryl methyl sites for hydroxylation is 1. The Hall–Kier alpha value is -1.62. The number of ether oxygens (including phenoxy) is 1. The van der Waals surface area contributed by atoms with Crippen LogP contribution in [-0.2, 0) is 16.0 Å². The molecule has 1 N–H and O–H groups in total. The number of benzene rings is 1. The number of aliphatic carboxylic acids is 1.